The van der Waals surface area contributed by atoms with E-state index in [-0.39, 0.29) is 48.5 Å². The lowest BCUT2D eigenvalue weighted by Crippen LogP contribution is -2.51. The summed E-state index contributed by atoms with van der Waals surface area (Å²) in [5.41, 5.74) is 11.8. The van der Waals surface area contributed by atoms with E-state index in [1.807, 2.05) is 4.90 Å². The second-order valence-corrected chi connectivity index (χ2v) is 6.85. The van der Waals surface area contributed by atoms with Crippen LogP contribution >= 0.6 is 0 Å². The van der Waals surface area contributed by atoms with Crippen LogP contribution in [0.25, 0.3) is 0 Å². The first-order valence-corrected chi connectivity index (χ1v) is 8.31. The molecule has 0 radical (unpaired) electrons. The quantitative estimate of drug-likeness (QED) is 0.819. The van der Waals surface area contributed by atoms with E-state index in [9.17, 15) is 18.0 Å². The topological polar surface area (TPSA) is 72.4 Å². The van der Waals surface area contributed by atoms with Crippen LogP contribution in [0, 0.1) is 23.4 Å². The molecule has 132 valence electrons. The molecule has 24 heavy (non-hydrogen) atoms. The van der Waals surface area contributed by atoms with Gasteiger partial charge in [0.1, 0.15) is 5.82 Å². The molecule has 1 aromatic carbocycles. The summed E-state index contributed by atoms with van der Waals surface area (Å²) in [5, 5.41) is 0. The van der Waals surface area contributed by atoms with Gasteiger partial charge in [0, 0.05) is 24.2 Å². The van der Waals surface area contributed by atoms with Crippen molar-refractivity contribution in [3.8, 4) is 0 Å². The van der Waals surface area contributed by atoms with Gasteiger partial charge in [0.2, 0.25) is 5.91 Å². The second kappa shape index (κ2) is 6.72. The monoisotopic (exact) mass is 341 g/mol. The zero-order chi connectivity index (χ0) is 17.4. The number of nitrogens with zero attached hydrogens (tertiary/aromatic N) is 1. The van der Waals surface area contributed by atoms with Gasteiger partial charge in [0.15, 0.2) is 11.6 Å². The van der Waals surface area contributed by atoms with Crippen LogP contribution in [0.15, 0.2) is 12.1 Å². The van der Waals surface area contributed by atoms with Crippen molar-refractivity contribution >= 4 is 5.91 Å². The van der Waals surface area contributed by atoms with Crippen LogP contribution < -0.4 is 11.5 Å². The minimum Gasteiger partial charge on any atom is -0.336 e. The van der Waals surface area contributed by atoms with Crippen LogP contribution in [0.4, 0.5) is 13.2 Å². The predicted molar refractivity (Wildman–Crippen MR) is 83.4 cm³/mol. The standard InChI is InChI=1S/C17H22F3N3O/c18-13-7-15(20)14(19)5-9(13)6-16(22)10-3-11-1-2-12(4-10)23(11)17(24)8-21/h5,7,10-12,16H,1-4,6,8,21-22H2/t10-,11-,12+,16-/m0/s1. The fourth-order valence-electron chi connectivity index (χ4n) is 4.22. The van der Waals surface area contributed by atoms with Crippen LogP contribution in [-0.2, 0) is 11.2 Å². The van der Waals surface area contributed by atoms with E-state index in [2.05, 4.69) is 0 Å². The number of amides is 1. The SMILES string of the molecule is NCC(=O)N1[C@@H]2CC[C@H]1C[C@H]([C@@H](N)Cc1cc(F)c(F)cc1F)C2. The van der Waals surface area contributed by atoms with E-state index < -0.39 is 17.5 Å². The molecular formula is C17H22F3N3O. The summed E-state index contributed by atoms with van der Waals surface area (Å²) in [6.45, 7) is 0.00376. The largest absolute Gasteiger partial charge is 0.336 e. The van der Waals surface area contributed by atoms with Crippen LogP contribution in [0.1, 0.15) is 31.2 Å². The van der Waals surface area contributed by atoms with Gasteiger partial charge in [-0.1, -0.05) is 0 Å². The summed E-state index contributed by atoms with van der Waals surface area (Å²) >= 11 is 0. The molecule has 0 spiro atoms. The molecular weight excluding hydrogens is 319 g/mol. The van der Waals surface area contributed by atoms with Crippen molar-refractivity contribution < 1.29 is 18.0 Å². The third-order valence-electron chi connectivity index (χ3n) is 5.38. The number of hydrogen-bond acceptors (Lipinski definition) is 3. The highest BCUT2D eigenvalue weighted by atomic mass is 19.2. The van der Waals surface area contributed by atoms with Gasteiger partial charge in [-0.15, -0.1) is 0 Å². The van der Waals surface area contributed by atoms with Crippen molar-refractivity contribution in [1.29, 1.82) is 0 Å². The Hall–Kier alpha value is -1.60. The number of nitrogens with two attached hydrogens (primary N) is 2. The van der Waals surface area contributed by atoms with Gasteiger partial charge in [0.05, 0.1) is 6.54 Å². The Balaban J connectivity index is 1.68. The zero-order valence-corrected chi connectivity index (χ0v) is 13.4. The highest BCUT2D eigenvalue weighted by molar-refractivity contribution is 5.79. The summed E-state index contributed by atoms with van der Waals surface area (Å²) in [7, 11) is 0. The van der Waals surface area contributed by atoms with E-state index in [0.29, 0.717) is 6.07 Å². The van der Waals surface area contributed by atoms with Crippen molar-refractivity contribution in [3.05, 3.63) is 35.1 Å². The highest BCUT2D eigenvalue weighted by Gasteiger charge is 2.44. The number of benzene rings is 1. The molecule has 1 aromatic rings. The molecule has 2 aliphatic rings. The molecule has 2 bridgehead atoms. The first kappa shape index (κ1) is 17.2. The average molecular weight is 341 g/mol. The molecule has 2 aliphatic heterocycles. The number of halogens is 3. The third-order valence-corrected chi connectivity index (χ3v) is 5.38. The average Bonchev–Trinajstić information content (AvgIpc) is 2.81. The minimum absolute atomic E-state index is 0.00376. The molecule has 2 fully saturated rings. The molecule has 1 amide bonds. The lowest BCUT2D eigenvalue weighted by atomic mass is 9.82. The maximum Gasteiger partial charge on any atom is 0.236 e. The molecule has 2 heterocycles. The Morgan fingerprint density at radius 3 is 2.29 bits per heavy atom. The van der Waals surface area contributed by atoms with Crippen LogP contribution in [-0.4, -0.2) is 35.5 Å². The van der Waals surface area contributed by atoms with Crippen molar-refractivity contribution in [2.45, 2.75) is 50.2 Å². The van der Waals surface area contributed by atoms with Gasteiger partial charge in [0.25, 0.3) is 0 Å². The smallest absolute Gasteiger partial charge is 0.236 e. The summed E-state index contributed by atoms with van der Waals surface area (Å²) < 4.78 is 40.2. The minimum atomic E-state index is -1.20. The van der Waals surface area contributed by atoms with E-state index >= 15 is 0 Å². The van der Waals surface area contributed by atoms with Gasteiger partial charge in [-0.25, -0.2) is 13.2 Å². The lowest BCUT2D eigenvalue weighted by Gasteiger charge is -2.41. The third kappa shape index (κ3) is 3.15. The van der Waals surface area contributed by atoms with Gasteiger partial charge in [-0.3, -0.25) is 4.79 Å². The van der Waals surface area contributed by atoms with E-state index in [0.717, 1.165) is 31.7 Å². The Bertz CT molecular complexity index is 626. The molecule has 4 atom stereocenters. The second-order valence-electron chi connectivity index (χ2n) is 6.85. The van der Waals surface area contributed by atoms with Crippen molar-refractivity contribution in [2.75, 3.05) is 6.54 Å². The van der Waals surface area contributed by atoms with Gasteiger partial charge >= 0.3 is 0 Å². The van der Waals surface area contributed by atoms with Crippen LogP contribution in [0.5, 0.6) is 0 Å². The van der Waals surface area contributed by atoms with E-state index in [4.69, 9.17) is 11.5 Å². The molecule has 4 nitrogen and oxygen atoms in total. The molecule has 3 rings (SSSR count). The summed E-state index contributed by atoms with van der Waals surface area (Å²) in [6.07, 6.45) is 3.50. The van der Waals surface area contributed by atoms with Crippen LogP contribution in [0.2, 0.25) is 0 Å². The number of piperidine rings is 1. The number of rotatable bonds is 4. The maximum absolute atomic E-state index is 13.8. The zero-order valence-electron chi connectivity index (χ0n) is 13.4. The molecule has 2 saturated heterocycles. The predicted octanol–water partition coefficient (Wildman–Crippen LogP) is 1.70. The Labute approximate surface area is 139 Å². The van der Waals surface area contributed by atoms with E-state index in [1.54, 1.807) is 0 Å². The lowest BCUT2D eigenvalue weighted by molar-refractivity contribution is -0.134. The normalized spacial score (nSPS) is 27.4. The number of carbonyl (C=O) groups excluding carboxylic acids is 1. The fraction of sp³-hybridized carbons (Fsp3) is 0.588. The maximum atomic E-state index is 13.8. The number of carbonyl (C=O) groups is 1. The first-order valence-electron chi connectivity index (χ1n) is 8.31. The molecule has 0 aliphatic carbocycles. The summed E-state index contributed by atoms with van der Waals surface area (Å²) in [6, 6.07) is 1.34. The molecule has 0 aromatic heterocycles. The first-order chi connectivity index (χ1) is 11.4. The highest BCUT2D eigenvalue weighted by Crippen LogP contribution is 2.40. The van der Waals surface area contributed by atoms with Gasteiger partial charge in [-0.05, 0) is 49.7 Å². The van der Waals surface area contributed by atoms with Gasteiger partial charge in [-0.2, -0.15) is 0 Å². The molecule has 0 saturated carbocycles. The number of hydrogen-bond donors (Lipinski definition) is 2. The van der Waals surface area contributed by atoms with Gasteiger partial charge < -0.3 is 16.4 Å². The fourth-order valence-corrected chi connectivity index (χ4v) is 4.22. The molecule has 7 heteroatoms. The van der Waals surface area contributed by atoms with E-state index in [1.165, 1.54) is 0 Å². The Kier molecular flexibility index (Phi) is 4.83. The molecule has 4 N–H and O–H groups in total. The van der Waals surface area contributed by atoms with Crippen LogP contribution in [0.3, 0.4) is 0 Å². The number of fused-ring (bicyclic) bond motifs is 2. The molecule has 0 unspecified atom stereocenters. The summed E-state index contributed by atoms with van der Waals surface area (Å²) in [5.74, 6) is -2.96. The summed E-state index contributed by atoms with van der Waals surface area (Å²) in [4.78, 5) is 13.8. The Morgan fingerprint density at radius 2 is 1.71 bits per heavy atom. The van der Waals surface area contributed by atoms with Crippen molar-refractivity contribution in [3.63, 3.8) is 0 Å². The Morgan fingerprint density at radius 1 is 1.12 bits per heavy atom. The van der Waals surface area contributed by atoms with Crippen molar-refractivity contribution in [1.82, 2.24) is 4.90 Å². The van der Waals surface area contributed by atoms with Crippen molar-refractivity contribution in [2.24, 2.45) is 17.4 Å².